The van der Waals surface area contributed by atoms with Gasteiger partial charge in [-0.3, -0.25) is 19.3 Å². The van der Waals surface area contributed by atoms with Crippen molar-refractivity contribution >= 4 is 23.3 Å². The van der Waals surface area contributed by atoms with Crippen LogP contribution < -0.4 is 10.6 Å². The monoisotopic (exact) mass is 511 g/mol. The van der Waals surface area contributed by atoms with E-state index < -0.39 is 6.04 Å². The van der Waals surface area contributed by atoms with Gasteiger partial charge in [-0.15, -0.1) is 0 Å². The largest absolute Gasteiger partial charge is 0.378 e. The molecule has 4 aromatic rings. The molecule has 1 fully saturated rings. The number of anilines is 2. The fraction of sp³-hybridized carbons (Fsp3) is 0.250. The average Bonchev–Trinajstić information content (AvgIpc) is 3.40. The summed E-state index contributed by atoms with van der Waals surface area (Å²) in [5, 5.41) is 10.2. The molecule has 1 atom stereocenters. The van der Waals surface area contributed by atoms with Crippen LogP contribution in [0.1, 0.15) is 17.3 Å². The van der Waals surface area contributed by atoms with E-state index in [2.05, 4.69) is 25.7 Å². The molecule has 10 heteroatoms. The second-order valence-electron chi connectivity index (χ2n) is 9.01. The van der Waals surface area contributed by atoms with Crippen LogP contribution in [0, 0.1) is 0 Å². The number of morpholine rings is 1. The molecule has 0 saturated carbocycles. The highest BCUT2D eigenvalue weighted by molar-refractivity contribution is 6.02. The lowest BCUT2D eigenvalue weighted by Gasteiger charge is -2.28. The molecule has 1 aromatic carbocycles. The third kappa shape index (κ3) is 5.55. The standard InChI is InChI=1S/C28H29N7O3/c1-19(27(36)33-26-9-8-21(17-30-26)20-6-4-3-5-7-20)32-24-18-29-23(25-10-11-31-34(25)2)16-22(24)28(37)35-12-14-38-15-13-35/h3-11,16-19,32H,12-15H2,1-2H3,(H,30,33,36)/t19-/m0/s1. The topological polar surface area (TPSA) is 114 Å². The number of carbonyl (C=O) groups is 2. The van der Waals surface area contributed by atoms with Crippen LogP contribution in [-0.2, 0) is 16.6 Å². The maximum atomic E-state index is 13.5. The minimum absolute atomic E-state index is 0.146. The lowest BCUT2D eigenvalue weighted by atomic mass is 10.1. The number of nitrogens with zero attached hydrogens (tertiary/aromatic N) is 5. The fourth-order valence-electron chi connectivity index (χ4n) is 4.25. The molecule has 5 rings (SSSR count). The summed E-state index contributed by atoms with van der Waals surface area (Å²) < 4.78 is 7.11. The highest BCUT2D eigenvalue weighted by Crippen LogP contribution is 2.25. The number of hydrogen-bond acceptors (Lipinski definition) is 7. The zero-order valence-electron chi connectivity index (χ0n) is 21.3. The molecule has 1 aliphatic rings. The van der Waals surface area contributed by atoms with Gasteiger partial charge in [0, 0.05) is 38.1 Å². The molecule has 1 aliphatic heterocycles. The van der Waals surface area contributed by atoms with Gasteiger partial charge in [0.05, 0.1) is 42.0 Å². The van der Waals surface area contributed by atoms with E-state index in [0.717, 1.165) is 16.8 Å². The molecule has 1 saturated heterocycles. The normalized spacial score (nSPS) is 14.1. The number of amides is 2. The maximum Gasteiger partial charge on any atom is 0.256 e. The van der Waals surface area contributed by atoms with Crippen molar-refractivity contribution in [3.8, 4) is 22.5 Å². The van der Waals surface area contributed by atoms with E-state index in [1.807, 2.05) is 49.5 Å². The molecule has 4 heterocycles. The molecule has 10 nitrogen and oxygen atoms in total. The summed E-state index contributed by atoms with van der Waals surface area (Å²) in [6, 6.07) is 16.5. The van der Waals surface area contributed by atoms with Gasteiger partial charge in [0.1, 0.15) is 11.9 Å². The predicted molar refractivity (Wildman–Crippen MR) is 145 cm³/mol. The fourth-order valence-corrected chi connectivity index (χ4v) is 4.25. The highest BCUT2D eigenvalue weighted by Gasteiger charge is 2.24. The first kappa shape index (κ1) is 25.1. The molecular formula is C28H29N7O3. The molecule has 0 unspecified atom stereocenters. The van der Waals surface area contributed by atoms with Crippen LogP contribution in [0.2, 0.25) is 0 Å². The van der Waals surface area contributed by atoms with Crippen molar-refractivity contribution in [2.75, 3.05) is 36.9 Å². The molecule has 38 heavy (non-hydrogen) atoms. The molecule has 0 aliphatic carbocycles. The molecule has 3 aromatic heterocycles. The Bertz CT molecular complexity index is 1410. The van der Waals surface area contributed by atoms with Crippen molar-refractivity contribution in [3.63, 3.8) is 0 Å². The summed E-state index contributed by atoms with van der Waals surface area (Å²) >= 11 is 0. The Morgan fingerprint density at radius 2 is 1.76 bits per heavy atom. The Morgan fingerprint density at radius 1 is 0.974 bits per heavy atom. The Kier molecular flexibility index (Phi) is 7.41. The van der Waals surface area contributed by atoms with E-state index in [4.69, 9.17) is 4.74 Å². The van der Waals surface area contributed by atoms with Gasteiger partial charge < -0.3 is 20.3 Å². The van der Waals surface area contributed by atoms with Crippen molar-refractivity contribution in [2.24, 2.45) is 7.05 Å². The van der Waals surface area contributed by atoms with Crippen molar-refractivity contribution in [2.45, 2.75) is 13.0 Å². The molecule has 0 radical (unpaired) electrons. The maximum absolute atomic E-state index is 13.5. The van der Waals surface area contributed by atoms with Gasteiger partial charge in [-0.05, 0) is 36.8 Å². The third-order valence-corrected chi connectivity index (χ3v) is 6.40. The van der Waals surface area contributed by atoms with Crippen LogP contribution in [0.15, 0.2) is 73.2 Å². The number of nitrogens with one attached hydrogen (secondary N) is 2. The van der Waals surface area contributed by atoms with Crippen molar-refractivity contribution in [1.29, 1.82) is 0 Å². The van der Waals surface area contributed by atoms with Crippen LogP contribution in [0.25, 0.3) is 22.5 Å². The summed E-state index contributed by atoms with van der Waals surface area (Å²) in [6.45, 7) is 3.71. The number of hydrogen-bond donors (Lipinski definition) is 2. The summed E-state index contributed by atoms with van der Waals surface area (Å²) in [5.41, 5.74) is 4.31. The number of benzene rings is 1. The van der Waals surface area contributed by atoms with Gasteiger partial charge in [0.25, 0.3) is 5.91 Å². The van der Waals surface area contributed by atoms with Crippen LogP contribution in [0.4, 0.5) is 11.5 Å². The lowest BCUT2D eigenvalue weighted by Crippen LogP contribution is -2.41. The van der Waals surface area contributed by atoms with Gasteiger partial charge in [0.15, 0.2) is 0 Å². The molecule has 0 bridgehead atoms. The summed E-state index contributed by atoms with van der Waals surface area (Å²) in [4.78, 5) is 37.2. The Hall–Kier alpha value is -4.57. The molecule has 194 valence electrons. The average molecular weight is 512 g/mol. The SMILES string of the molecule is C[C@H](Nc1cnc(-c2ccnn2C)cc1C(=O)N1CCOCC1)C(=O)Nc1ccc(-c2ccccc2)cn1. The molecule has 2 N–H and O–H groups in total. The van der Waals surface area contributed by atoms with Gasteiger partial charge >= 0.3 is 0 Å². The van der Waals surface area contributed by atoms with Gasteiger partial charge in [-0.1, -0.05) is 30.3 Å². The minimum atomic E-state index is -0.661. The first-order chi connectivity index (χ1) is 18.5. The van der Waals surface area contributed by atoms with E-state index in [0.29, 0.717) is 49.1 Å². The van der Waals surface area contributed by atoms with Crippen LogP contribution in [-0.4, -0.2) is 68.8 Å². The number of rotatable bonds is 7. The lowest BCUT2D eigenvalue weighted by molar-refractivity contribution is -0.116. The van der Waals surface area contributed by atoms with Gasteiger partial charge in [-0.25, -0.2) is 4.98 Å². The Balaban J connectivity index is 1.33. The van der Waals surface area contributed by atoms with Crippen LogP contribution in [0.5, 0.6) is 0 Å². The third-order valence-electron chi connectivity index (χ3n) is 6.40. The zero-order chi connectivity index (χ0) is 26.5. The van der Waals surface area contributed by atoms with Crippen molar-refractivity contribution in [3.05, 3.63) is 78.8 Å². The Labute approximate surface area is 220 Å². The second kappa shape index (κ2) is 11.2. The summed E-state index contributed by atoms with van der Waals surface area (Å²) in [5.74, 6) is 0.00969. The first-order valence-electron chi connectivity index (χ1n) is 12.4. The smallest absolute Gasteiger partial charge is 0.256 e. The number of carbonyl (C=O) groups excluding carboxylic acids is 2. The van der Waals surface area contributed by atoms with Crippen molar-refractivity contribution in [1.82, 2.24) is 24.6 Å². The van der Waals surface area contributed by atoms with E-state index in [1.54, 1.807) is 47.2 Å². The molecule has 2 amide bonds. The van der Waals surface area contributed by atoms with Crippen molar-refractivity contribution < 1.29 is 14.3 Å². The van der Waals surface area contributed by atoms with Crippen LogP contribution >= 0.6 is 0 Å². The predicted octanol–water partition coefficient (Wildman–Crippen LogP) is 3.46. The molecule has 0 spiro atoms. The number of aromatic nitrogens is 4. The quantitative estimate of drug-likeness (QED) is 0.391. The zero-order valence-corrected chi connectivity index (χ0v) is 21.3. The van der Waals surface area contributed by atoms with Gasteiger partial charge in [-0.2, -0.15) is 5.10 Å². The minimum Gasteiger partial charge on any atom is -0.378 e. The second-order valence-corrected chi connectivity index (χ2v) is 9.01. The Morgan fingerprint density at radius 3 is 2.45 bits per heavy atom. The number of aryl methyl sites for hydroxylation is 1. The van der Waals surface area contributed by atoms with E-state index in [9.17, 15) is 9.59 Å². The van der Waals surface area contributed by atoms with E-state index >= 15 is 0 Å². The number of ether oxygens (including phenoxy) is 1. The van der Waals surface area contributed by atoms with Gasteiger partial charge in [0.2, 0.25) is 5.91 Å². The highest BCUT2D eigenvalue weighted by atomic mass is 16.5. The molecular weight excluding hydrogens is 482 g/mol. The van der Waals surface area contributed by atoms with E-state index in [1.165, 1.54) is 0 Å². The summed E-state index contributed by atoms with van der Waals surface area (Å²) in [7, 11) is 1.82. The summed E-state index contributed by atoms with van der Waals surface area (Å²) in [6.07, 6.45) is 5.00. The van der Waals surface area contributed by atoms with E-state index in [-0.39, 0.29) is 11.8 Å². The number of pyridine rings is 2. The first-order valence-corrected chi connectivity index (χ1v) is 12.4. The van der Waals surface area contributed by atoms with Crippen LogP contribution in [0.3, 0.4) is 0 Å².